The van der Waals surface area contributed by atoms with E-state index >= 15 is 0 Å². The maximum Gasteiger partial charge on any atom is 0.408 e. The molecule has 146 valence electrons. The molecule has 1 heterocycles. The highest BCUT2D eigenvalue weighted by atomic mass is 35.5. The Morgan fingerprint density at radius 2 is 2.00 bits per heavy atom. The van der Waals surface area contributed by atoms with Crippen LogP contribution in [-0.4, -0.2) is 50.7 Å². The van der Waals surface area contributed by atoms with Crippen molar-refractivity contribution in [2.45, 2.75) is 32.7 Å². The van der Waals surface area contributed by atoms with Crippen molar-refractivity contribution >= 4 is 56.3 Å². The van der Waals surface area contributed by atoms with E-state index in [-0.39, 0.29) is 25.3 Å². The van der Waals surface area contributed by atoms with Crippen molar-refractivity contribution in [3.05, 3.63) is 23.2 Å². The lowest BCUT2D eigenvalue weighted by Crippen LogP contribution is -2.46. The number of nitrogens with zero attached hydrogens (tertiary/aromatic N) is 2. The van der Waals surface area contributed by atoms with Gasteiger partial charge in [0.1, 0.15) is 6.04 Å². The lowest BCUT2D eigenvalue weighted by atomic mass is 10.0. The molecule has 10 heteroatoms. The molecule has 0 saturated heterocycles. The van der Waals surface area contributed by atoms with Crippen molar-refractivity contribution in [1.82, 2.24) is 9.88 Å². The quantitative estimate of drug-likeness (QED) is 0.606. The number of carboxylic acids is 1. The Balaban J connectivity index is 2.01. The molecule has 0 saturated carbocycles. The van der Waals surface area contributed by atoms with E-state index in [4.69, 9.17) is 11.6 Å². The van der Waals surface area contributed by atoms with E-state index in [0.717, 1.165) is 9.60 Å². The Morgan fingerprint density at radius 1 is 1.30 bits per heavy atom. The van der Waals surface area contributed by atoms with Crippen molar-refractivity contribution < 1.29 is 24.6 Å². The third-order valence-corrected chi connectivity index (χ3v) is 4.95. The molecule has 1 aromatic heterocycles. The summed E-state index contributed by atoms with van der Waals surface area (Å²) in [6.07, 6.45) is -1.38. The smallest absolute Gasteiger partial charge is 0.408 e. The number of benzene rings is 1. The number of hydrogen-bond acceptors (Lipinski definition) is 5. The Bertz CT molecular complexity index is 854. The van der Waals surface area contributed by atoms with Crippen molar-refractivity contribution in [1.29, 1.82) is 0 Å². The number of aliphatic carboxylic acids is 1. The number of rotatable bonds is 8. The summed E-state index contributed by atoms with van der Waals surface area (Å²) in [4.78, 5) is 40.1. The van der Waals surface area contributed by atoms with Crippen LogP contribution in [0.1, 0.15) is 26.7 Å². The lowest BCUT2D eigenvalue weighted by Gasteiger charge is -2.27. The molecule has 0 spiro atoms. The number of halogens is 1. The van der Waals surface area contributed by atoms with Gasteiger partial charge in [0, 0.05) is 18.0 Å². The number of amides is 2. The molecule has 0 bridgehead atoms. The number of anilines is 1. The zero-order valence-corrected chi connectivity index (χ0v) is 16.4. The molecular weight excluding hydrogens is 394 g/mol. The zero-order chi connectivity index (χ0) is 20.1. The van der Waals surface area contributed by atoms with E-state index in [1.54, 1.807) is 18.2 Å². The van der Waals surface area contributed by atoms with Gasteiger partial charge in [-0.2, -0.15) is 0 Å². The van der Waals surface area contributed by atoms with E-state index in [1.165, 1.54) is 11.3 Å². The van der Waals surface area contributed by atoms with Crippen LogP contribution in [0.3, 0.4) is 0 Å². The summed E-state index contributed by atoms with van der Waals surface area (Å²) in [5.41, 5.74) is 0.690. The number of fused-ring (bicyclic) bond motifs is 1. The summed E-state index contributed by atoms with van der Waals surface area (Å²) < 4.78 is 0.813. The van der Waals surface area contributed by atoms with Gasteiger partial charge in [-0.05, 0) is 30.5 Å². The van der Waals surface area contributed by atoms with Crippen LogP contribution in [0.2, 0.25) is 5.02 Å². The van der Waals surface area contributed by atoms with Crippen LogP contribution in [0, 0.1) is 5.92 Å². The molecule has 8 nitrogen and oxygen atoms in total. The molecule has 0 aliphatic rings. The first-order valence-electron chi connectivity index (χ1n) is 8.25. The van der Waals surface area contributed by atoms with Gasteiger partial charge in [-0.3, -0.25) is 9.69 Å². The fraction of sp³-hybridized carbons (Fsp3) is 0.412. The standard InChI is InChI=1S/C17H20ClN3O5S/c1-9(2)7-12(15(23)24)21(17(25)26)6-5-14(22)20-16-19-11-4-3-10(18)8-13(11)27-16/h3-4,8-9,12H,5-7H2,1-2H3,(H,23,24)(H,25,26)(H,19,20,22). The first-order chi connectivity index (χ1) is 12.7. The Hall–Kier alpha value is -2.39. The minimum Gasteiger partial charge on any atom is -0.480 e. The number of carboxylic acid groups (broad SMARTS) is 2. The van der Waals surface area contributed by atoms with E-state index in [1.807, 2.05) is 13.8 Å². The minimum atomic E-state index is -1.37. The van der Waals surface area contributed by atoms with Crippen LogP contribution in [0.4, 0.5) is 9.93 Å². The number of aromatic nitrogens is 1. The summed E-state index contributed by atoms with van der Waals surface area (Å²) in [6, 6.07) is 3.97. The maximum absolute atomic E-state index is 12.2. The number of carbonyl (C=O) groups excluding carboxylic acids is 1. The molecule has 0 aliphatic carbocycles. The number of nitrogens with one attached hydrogen (secondary N) is 1. The van der Waals surface area contributed by atoms with Crippen LogP contribution in [0.25, 0.3) is 10.2 Å². The summed E-state index contributed by atoms with van der Waals surface area (Å²) in [6.45, 7) is 3.39. The number of hydrogen-bond donors (Lipinski definition) is 3. The van der Waals surface area contributed by atoms with Crippen molar-refractivity contribution in [2.24, 2.45) is 5.92 Å². The molecule has 0 fully saturated rings. The molecule has 1 atom stereocenters. The monoisotopic (exact) mass is 413 g/mol. The molecule has 3 N–H and O–H groups in total. The van der Waals surface area contributed by atoms with Crippen molar-refractivity contribution in [2.75, 3.05) is 11.9 Å². The van der Waals surface area contributed by atoms with Gasteiger partial charge in [-0.15, -0.1) is 0 Å². The van der Waals surface area contributed by atoms with Gasteiger partial charge < -0.3 is 15.5 Å². The maximum atomic E-state index is 12.2. The van der Waals surface area contributed by atoms with Gasteiger partial charge in [0.15, 0.2) is 5.13 Å². The Kier molecular flexibility index (Phi) is 6.98. The topological polar surface area (TPSA) is 120 Å². The SMILES string of the molecule is CC(C)CC(C(=O)O)N(CCC(=O)Nc1nc2ccc(Cl)cc2s1)C(=O)O. The Morgan fingerprint density at radius 3 is 2.59 bits per heavy atom. The number of carbonyl (C=O) groups is 3. The second kappa shape index (κ2) is 9.01. The van der Waals surface area contributed by atoms with Crippen LogP contribution < -0.4 is 5.32 Å². The molecule has 2 rings (SSSR count). The normalized spacial score (nSPS) is 12.1. The highest BCUT2D eigenvalue weighted by Crippen LogP contribution is 2.28. The predicted molar refractivity (Wildman–Crippen MR) is 103 cm³/mol. The van der Waals surface area contributed by atoms with E-state index < -0.39 is 24.0 Å². The zero-order valence-electron chi connectivity index (χ0n) is 14.8. The fourth-order valence-corrected chi connectivity index (χ4v) is 3.71. The summed E-state index contributed by atoms with van der Waals surface area (Å²) >= 11 is 7.17. The van der Waals surface area contributed by atoms with Crippen molar-refractivity contribution in [3.8, 4) is 0 Å². The molecule has 0 aliphatic heterocycles. The number of thiazole rings is 1. The van der Waals surface area contributed by atoms with Crippen LogP contribution in [0.15, 0.2) is 18.2 Å². The highest BCUT2D eigenvalue weighted by Gasteiger charge is 2.30. The van der Waals surface area contributed by atoms with E-state index in [9.17, 15) is 24.6 Å². The minimum absolute atomic E-state index is 0.00338. The van der Waals surface area contributed by atoms with Crippen LogP contribution >= 0.6 is 22.9 Å². The second-order valence-corrected chi connectivity index (χ2v) is 7.86. The van der Waals surface area contributed by atoms with Gasteiger partial charge >= 0.3 is 12.1 Å². The summed E-state index contributed by atoms with van der Waals surface area (Å²) in [5.74, 6) is -1.68. The largest absolute Gasteiger partial charge is 0.480 e. The highest BCUT2D eigenvalue weighted by molar-refractivity contribution is 7.22. The second-order valence-electron chi connectivity index (χ2n) is 6.39. The fourth-order valence-electron chi connectivity index (χ4n) is 2.55. The Labute approximate surface area is 164 Å². The van der Waals surface area contributed by atoms with E-state index in [2.05, 4.69) is 10.3 Å². The molecule has 2 aromatic rings. The molecule has 1 aromatic carbocycles. The van der Waals surface area contributed by atoms with E-state index in [0.29, 0.717) is 15.7 Å². The third-order valence-electron chi connectivity index (χ3n) is 3.78. The van der Waals surface area contributed by atoms with Crippen molar-refractivity contribution in [3.63, 3.8) is 0 Å². The molecule has 1 unspecified atom stereocenters. The average molecular weight is 414 g/mol. The van der Waals surface area contributed by atoms with Gasteiger partial charge in [0.25, 0.3) is 0 Å². The summed E-state index contributed by atoms with van der Waals surface area (Å²) in [5, 5.41) is 22.2. The average Bonchev–Trinajstić information content (AvgIpc) is 2.94. The first-order valence-corrected chi connectivity index (χ1v) is 9.45. The van der Waals surface area contributed by atoms with Gasteiger partial charge in [-0.1, -0.05) is 36.8 Å². The predicted octanol–water partition coefficient (Wildman–Crippen LogP) is 3.76. The molecule has 27 heavy (non-hydrogen) atoms. The molecular formula is C17H20ClN3O5S. The van der Waals surface area contributed by atoms with Gasteiger partial charge in [0.05, 0.1) is 10.2 Å². The van der Waals surface area contributed by atoms with Crippen LogP contribution in [-0.2, 0) is 9.59 Å². The third kappa shape index (κ3) is 5.80. The molecule has 0 radical (unpaired) electrons. The van der Waals surface area contributed by atoms with Gasteiger partial charge in [0.2, 0.25) is 5.91 Å². The summed E-state index contributed by atoms with van der Waals surface area (Å²) in [7, 11) is 0. The first kappa shape index (κ1) is 20.9. The van der Waals surface area contributed by atoms with Gasteiger partial charge in [-0.25, -0.2) is 14.6 Å². The van der Waals surface area contributed by atoms with Crippen LogP contribution in [0.5, 0.6) is 0 Å². The lowest BCUT2D eigenvalue weighted by molar-refractivity contribution is -0.143. The molecule has 2 amide bonds.